The average Bonchev–Trinajstić information content (AvgIpc) is 2.58. The minimum atomic E-state index is 0.706. The van der Waals surface area contributed by atoms with Gasteiger partial charge in [0.2, 0.25) is 0 Å². The van der Waals surface area contributed by atoms with Gasteiger partial charge < -0.3 is 4.74 Å². The number of benzene rings is 2. The Hall–Kier alpha value is -2.54. The van der Waals surface area contributed by atoms with E-state index in [0.29, 0.717) is 5.76 Å². The Kier molecular flexibility index (Phi) is 3.97. The molecule has 2 aromatic carbocycles. The highest BCUT2D eigenvalue weighted by Crippen LogP contribution is 2.31. The number of aryl methyl sites for hydroxylation is 1. The van der Waals surface area contributed by atoms with Crippen LogP contribution in [0.4, 0.5) is 0 Å². The molecule has 0 atom stereocenters. The molecule has 0 radical (unpaired) electrons. The van der Waals surface area contributed by atoms with E-state index in [1.165, 1.54) is 22.3 Å². The molecule has 0 aliphatic carbocycles. The molecule has 0 saturated carbocycles. The number of fused-ring (bicyclic) bond motifs is 1. The van der Waals surface area contributed by atoms with Crippen molar-refractivity contribution in [3.63, 3.8) is 0 Å². The summed E-state index contributed by atoms with van der Waals surface area (Å²) >= 11 is 0. The van der Waals surface area contributed by atoms with Crippen LogP contribution < -0.4 is 4.74 Å². The van der Waals surface area contributed by atoms with Crippen molar-refractivity contribution in [1.82, 2.24) is 0 Å². The first-order chi connectivity index (χ1) is 10.7. The smallest absolute Gasteiger partial charge is 0.130 e. The lowest BCUT2D eigenvalue weighted by molar-refractivity contribution is 0.435. The Bertz CT molecular complexity index is 778. The topological polar surface area (TPSA) is 9.23 Å². The highest BCUT2D eigenvalue weighted by molar-refractivity contribution is 5.80. The Balaban J connectivity index is 2.10. The molecule has 0 unspecified atom stereocenters. The Morgan fingerprint density at radius 3 is 2.50 bits per heavy atom. The third-order valence-electron chi connectivity index (χ3n) is 4.09. The summed E-state index contributed by atoms with van der Waals surface area (Å²) in [5.41, 5.74) is 5.91. The lowest BCUT2D eigenvalue weighted by atomic mass is 9.95. The molecule has 110 valence electrons. The fourth-order valence-electron chi connectivity index (χ4n) is 2.73. The third-order valence-corrected chi connectivity index (χ3v) is 4.09. The van der Waals surface area contributed by atoms with Crippen LogP contribution in [0.25, 0.3) is 5.57 Å². The first-order valence-corrected chi connectivity index (χ1v) is 7.55. The van der Waals surface area contributed by atoms with Crippen LogP contribution in [0.2, 0.25) is 0 Å². The summed E-state index contributed by atoms with van der Waals surface area (Å²) in [6, 6.07) is 16.6. The largest absolute Gasteiger partial charge is 0.457 e. The van der Waals surface area contributed by atoms with Gasteiger partial charge in [-0.3, -0.25) is 0 Å². The van der Waals surface area contributed by atoms with Gasteiger partial charge in [-0.05, 0) is 54.2 Å². The van der Waals surface area contributed by atoms with Crippen LogP contribution in [-0.2, 0) is 6.42 Å². The molecule has 0 amide bonds. The zero-order valence-corrected chi connectivity index (χ0v) is 13.1. The molecule has 0 fully saturated rings. The van der Waals surface area contributed by atoms with E-state index in [2.05, 4.69) is 62.9 Å². The highest BCUT2D eigenvalue weighted by atomic mass is 16.5. The van der Waals surface area contributed by atoms with Crippen molar-refractivity contribution in [2.45, 2.75) is 20.3 Å². The molecule has 2 aromatic rings. The molecule has 1 aliphatic rings. The van der Waals surface area contributed by atoms with Gasteiger partial charge in [-0.2, -0.15) is 0 Å². The number of hydrogen-bond donors (Lipinski definition) is 0. The number of ether oxygens (including phenoxy) is 1. The van der Waals surface area contributed by atoms with Gasteiger partial charge in [-0.25, -0.2) is 0 Å². The predicted molar refractivity (Wildman–Crippen MR) is 92.8 cm³/mol. The summed E-state index contributed by atoms with van der Waals surface area (Å²) < 4.78 is 6.03. The SMILES string of the molecule is C=C1Oc2ccccc2C/C=C\C(c2ccccc2C)=C/1C. The molecular formula is C21H20O. The first kappa shape index (κ1) is 14.4. The van der Waals surface area contributed by atoms with Crippen LogP contribution >= 0.6 is 0 Å². The second-order valence-electron chi connectivity index (χ2n) is 5.59. The van der Waals surface area contributed by atoms with Crippen molar-refractivity contribution in [2.75, 3.05) is 0 Å². The molecule has 22 heavy (non-hydrogen) atoms. The summed E-state index contributed by atoms with van der Waals surface area (Å²) in [6.45, 7) is 8.33. The second-order valence-corrected chi connectivity index (χ2v) is 5.59. The molecule has 1 heterocycles. The van der Waals surface area contributed by atoms with Crippen LogP contribution in [0.3, 0.4) is 0 Å². The molecule has 0 spiro atoms. The van der Waals surface area contributed by atoms with Gasteiger partial charge in [-0.1, -0.05) is 61.2 Å². The van der Waals surface area contributed by atoms with E-state index in [1.807, 2.05) is 18.2 Å². The zero-order valence-electron chi connectivity index (χ0n) is 13.1. The quantitative estimate of drug-likeness (QED) is 0.675. The second kappa shape index (κ2) is 6.07. The van der Waals surface area contributed by atoms with Gasteiger partial charge in [0.15, 0.2) is 0 Å². The summed E-state index contributed by atoms with van der Waals surface area (Å²) in [5.74, 6) is 1.60. The van der Waals surface area contributed by atoms with Crippen molar-refractivity contribution in [1.29, 1.82) is 0 Å². The van der Waals surface area contributed by atoms with Gasteiger partial charge in [0.05, 0.1) is 0 Å². The van der Waals surface area contributed by atoms with Crippen LogP contribution in [0.15, 0.2) is 78.6 Å². The van der Waals surface area contributed by atoms with Gasteiger partial charge >= 0.3 is 0 Å². The Labute approximate surface area is 132 Å². The Morgan fingerprint density at radius 1 is 0.955 bits per heavy atom. The van der Waals surface area contributed by atoms with Crippen LogP contribution in [-0.4, -0.2) is 0 Å². The maximum atomic E-state index is 6.03. The lowest BCUT2D eigenvalue weighted by Gasteiger charge is -2.15. The van der Waals surface area contributed by atoms with Gasteiger partial charge in [-0.15, -0.1) is 0 Å². The third kappa shape index (κ3) is 2.75. The zero-order chi connectivity index (χ0) is 15.5. The van der Waals surface area contributed by atoms with Gasteiger partial charge in [0.25, 0.3) is 0 Å². The van der Waals surface area contributed by atoms with Crippen LogP contribution in [0.5, 0.6) is 5.75 Å². The van der Waals surface area contributed by atoms with E-state index in [0.717, 1.165) is 17.7 Å². The molecular weight excluding hydrogens is 268 g/mol. The van der Waals surface area contributed by atoms with E-state index in [1.54, 1.807) is 0 Å². The van der Waals surface area contributed by atoms with Crippen LogP contribution in [0, 0.1) is 6.92 Å². The monoisotopic (exact) mass is 288 g/mol. The van der Waals surface area contributed by atoms with Crippen molar-refractivity contribution in [2.24, 2.45) is 0 Å². The molecule has 1 nitrogen and oxygen atoms in total. The van der Waals surface area contributed by atoms with Gasteiger partial charge in [0, 0.05) is 0 Å². The summed E-state index contributed by atoms with van der Waals surface area (Å²) in [6.07, 6.45) is 5.24. The van der Waals surface area contributed by atoms with Crippen molar-refractivity contribution < 1.29 is 4.74 Å². The molecule has 0 aromatic heterocycles. The van der Waals surface area contributed by atoms with E-state index in [4.69, 9.17) is 4.74 Å². The summed E-state index contributed by atoms with van der Waals surface area (Å²) in [7, 11) is 0. The summed E-state index contributed by atoms with van der Waals surface area (Å²) in [5, 5.41) is 0. The maximum Gasteiger partial charge on any atom is 0.130 e. The van der Waals surface area contributed by atoms with E-state index in [9.17, 15) is 0 Å². The number of hydrogen-bond acceptors (Lipinski definition) is 1. The lowest BCUT2D eigenvalue weighted by Crippen LogP contribution is -1.99. The normalized spacial score (nSPS) is 19.5. The molecule has 1 heteroatoms. The minimum Gasteiger partial charge on any atom is -0.457 e. The average molecular weight is 288 g/mol. The van der Waals surface area contributed by atoms with Gasteiger partial charge in [0.1, 0.15) is 11.5 Å². The number of allylic oxidation sites excluding steroid dienone is 4. The molecule has 3 rings (SSSR count). The van der Waals surface area contributed by atoms with E-state index >= 15 is 0 Å². The first-order valence-electron chi connectivity index (χ1n) is 7.55. The predicted octanol–water partition coefficient (Wildman–Crippen LogP) is 5.47. The number of rotatable bonds is 1. The van der Waals surface area contributed by atoms with E-state index < -0.39 is 0 Å². The van der Waals surface area contributed by atoms with Crippen molar-refractivity contribution in [3.05, 3.63) is 95.3 Å². The molecule has 0 bridgehead atoms. The Morgan fingerprint density at radius 2 is 1.68 bits per heavy atom. The van der Waals surface area contributed by atoms with E-state index in [-0.39, 0.29) is 0 Å². The molecule has 0 N–H and O–H groups in total. The van der Waals surface area contributed by atoms with Crippen molar-refractivity contribution in [3.8, 4) is 5.75 Å². The highest BCUT2D eigenvalue weighted by Gasteiger charge is 2.13. The fraction of sp³-hybridized carbons (Fsp3) is 0.143. The maximum absolute atomic E-state index is 6.03. The van der Waals surface area contributed by atoms with Crippen molar-refractivity contribution >= 4 is 5.57 Å². The minimum absolute atomic E-state index is 0.706. The summed E-state index contributed by atoms with van der Waals surface area (Å²) in [4.78, 5) is 0. The number of para-hydroxylation sites is 1. The standard InChI is InChI=1S/C21H20O/c1-15-9-4-6-12-19(15)20-13-8-11-18-10-5-7-14-21(18)22-17(3)16(20)2/h4-10,12-14H,3,11H2,1-2H3/b13-8-,20-16+. The van der Waals surface area contributed by atoms with Crippen LogP contribution in [0.1, 0.15) is 23.6 Å². The molecule has 1 aliphatic heterocycles. The molecule has 0 saturated heterocycles. The fourth-order valence-corrected chi connectivity index (χ4v) is 2.73.